The molecular formula is C17H12N4. The highest BCUT2D eigenvalue weighted by molar-refractivity contribution is 5.77. The number of benzene rings is 1. The van der Waals surface area contributed by atoms with E-state index in [1.807, 2.05) is 53.4 Å². The Balaban J connectivity index is 1.85. The van der Waals surface area contributed by atoms with Crippen LogP contribution >= 0.6 is 0 Å². The molecule has 4 heteroatoms. The molecule has 0 radical (unpaired) electrons. The van der Waals surface area contributed by atoms with E-state index < -0.39 is 0 Å². The second-order valence-corrected chi connectivity index (χ2v) is 4.77. The fourth-order valence-corrected chi connectivity index (χ4v) is 2.39. The van der Waals surface area contributed by atoms with Gasteiger partial charge in [0.25, 0.3) is 0 Å². The van der Waals surface area contributed by atoms with Gasteiger partial charge in [-0.3, -0.25) is 4.98 Å². The molecule has 0 amide bonds. The van der Waals surface area contributed by atoms with Gasteiger partial charge < -0.3 is 0 Å². The molecule has 1 aromatic carbocycles. The fraction of sp³-hybridized carbons (Fsp3) is 0. The summed E-state index contributed by atoms with van der Waals surface area (Å²) in [5.74, 6) is 0. The topological polar surface area (TPSA) is 43.1 Å². The molecule has 0 aliphatic heterocycles. The number of hydrogen-bond acceptors (Lipinski definition) is 3. The Morgan fingerprint density at radius 3 is 2.38 bits per heavy atom. The van der Waals surface area contributed by atoms with Crippen LogP contribution in [0.3, 0.4) is 0 Å². The summed E-state index contributed by atoms with van der Waals surface area (Å²) in [5, 5.41) is 4.42. The van der Waals surface area contributed by atoms with E-state index in [0.717, 1.165) is 27.9 Å². The first kappa shape index (κ1) is 11.8. The molecule has 3 aromatic heterocycles. The zero-order valence-corrected chi connectivity index (χ0v) is 11.2. The van der Waals surface area contributed by atoms with Gasteiger partial charge >= 0.3 is 0 Å². The predicted octanol–water partition coefficient (Wildman–Crippen LogP) is 3.46. The van der Waals surface area contributed by atoms with Crippen molar-refractivity contribution in [2.75, 3.05) is 0 Å². The van der Waals surface area contributed by atoms with Crippen LogP contribution in [-0.2, 0) is 0 Å². The average Bonchev–Trinajstić information content (AvgIpc) is 2.99. The molecular weight excluding hydrogens is 260 g/mol. The van der Waals surface area contributed by atoms with Gasteiger partial charge in [-0.2, -0.15) is 5.10 Å². The van der Waals surface area contributed by atoms with E-state index in [2.05, 4.69) is 27.2 Å². The van der Waals surface area contributed by atoms with E-state index in [1.165, 1.54) is 0 Å². The Kier molecular flexibility index (Phi) is 2.71. The minimum atomic E-state index is 0.860. The van der Waals surface area contributed by atoms with Gasteiger partial charge in [-0.25, -0.2) is 9.50 Å². The molecule has 0 spiro atoms. The first-order valence-electron chi connectivity index (χ1n) is 6.71. The Morgan fingerprint density at radius 2 is 1.57 bits per heavy atom. The third-order valence-corrected chi connectivity index (χ3v) is 3.45. The minimum absolute atomic E-state index is 0.860. The predicted molar refractivity (Wildman–Crippen MR) is 81.7 cm³/mol. The molecule has 0 atom stereocenters. The van der Waals surface area contributed by atoms with Crippen LogP contribution < -0.4 is 0 Å². The summed E-state index contributed by atoms with van der Waals surface area (Å²) >= 11 is 0. The summed E-state index contributed by atoms with van der Waals surface area (Å²) < 4.78 is 1.82. The van der Waals surface area contributed by atoms with Crippen molar-refractivity contribution >= 4 is 5.65 Å². The number of pyridine rings is 1. The molecule has 0 fully saturated rings. The van der Waals surface area contributed by atoms with Crippen molar-refractivity contribution in [3.8, 4) is 22.3 Å². The normalized spacial score (nSPS) is 10.9. The first-order chi connectivity index (χ1) is 10.4. The molecule has 4 aromatic rings. The van der Waals surface area contributed by atoms with Crippen LogP contribution in [0.4, 0.5) is 0 Å². The SMILES string of the molecule is c1ccc(-c2cnn3cc(-c4ccncc4)cnc23)cc1. The second-order valence-electron chi connectivity index (χ2n) is 4.77. The smallest absolute Gasteiger partial charge is 0.162 e. The highest BCUT2D eigenvalue weighted by Crippen LogP contribution is 2.24. The van der Waals surface area contributed by atoms with Gasteiger partial charge in [0, 0.05) is 35.9 Å². The zero-order valence-electron chi connectivity index (χ0n) is 11.2. The zero-order chi connectivity index (χ0) is 14.1. The summed E-state index contributed by atoms with van der Waals surface area (Å²) in [6, 6.07) is 14.1. The van der Waals surface area contributed by atoms with Crippen LogP contribution in [0, 0.1) is 0 Å². The maximum atomic E-state index is 4.57. The summed E-state index contributed by atoms with van der Waals surface area (Å²) in [7, 11) is 0. The molecule has 0 unspecified atom stereocenters. The van der Waals surface area contributed by atoms with Crippen LogP contribution in [0.25, 0.3) is 27.9 Å². The number of hydrogen-bond donors (Lipinski definition) is 0. The number of aromatic nitrogens is 4. The maximum Gasteiger partial charge on any atom is 0.162 e. The second kappa shape index (κ2) is 4.83. The Morgan fingerprint density at radius 1 is 0.762 bits per heavy atom. The molecule has 0 aliphatic rings. The Labute approximate surface area is 121 Å². The lowest BCUT2D eigenvalue weighted by molar-refractivity contribution is 0.941. The van der Waals surface area contributed by atoms with E-state index in [-0.39, 0.29) is 0 Å². The van der Waals surface area contributed by atoms with Crippen LogP contribution in [0.5, 0.6) is 0 Å². The van der Waals surface area contributed by atoms with Crippen molar-refractivity contribution < 1.29 is 0 Å². The van der Waals surface area contributed by atoms with Crippen LogP contribution in [0.15, 0.2) is 73.4 Å². The Bertz CT molecular complexity index is 882. The van der Waals surface area contributed by atoms with Crippen LogP contribution in [0.2, 0.25) is 0 Å². The van der Waals surface area contributed by atoms with Gasteiger partial charge in [-0.05, 0) is 23.3 Å². The van der Waals surface area contributed by atoms with Gasteiger partial charge in [0.15, 0.2) is 5.65 Å². The summed E-state index contributed by atoms with van der Waals surface area (Å²) in [6.07, 6.45) is 9.27. The molecule has 0 saturated heterocycles. The lowest BCUT2D eigenvalue weighted by Gasteiger charge is -2.02. The molecule has 100 valence electrons. The highest BCUT2D eigenvalue weighted by atomic mass is 15.2. The van der Waals surface area contributed by atoms with E-state index in [4.69, 9.17) is 0 Å². The van der Waals surface area contributed by atoms with Crippen LogP contribution in [-0.4, -0.2) is 19.6 Å². The minimum Gasteiger partial charge on any atom is -0.265 e. The van der Waals surface area contributed by atoms with Crippen molar-refractivity contribution in [3.63, 3.8) is 0 Å². The van der Waals surface area contributed by atoms with Crippen molar-refractivity contribution in [2.24, 2.45) is 0 Å². The summed E-state index contributed by atoms with van der Waals surface area (Å²) in [4.78, 5) is 8.61. The molecule has 0 saturated carbocycles. The van der Waals surface area contributed by atoms with Gasteiger partial charge in [0.1, 0.15) is 0 Å². The van der Waals surface area contributed by atoms with E-state index in [0.29, 0.717) is 0 Å². The fourth-order valence-electron chi connectivity index (χ4n) is 2.39. The standard InChI is InChI=1S/C17H12N4/c1-2-4-14(5-3-1)16-11-20-21-12-15(10-19-17(16)21)13-6-8-18-9-7-13/h1-12H. The molecule has 21 heavy (non-hydrogen) atoms. The van der Waals surface area contributed by atoms with Gasteiger partial charge in [0.2, 0.25) is 0 Å². The molecule has 0 N–H and O–H groups in total. The number of fused-ring (bicyclic) bond motifs is 1. The van der Waals surface area contributed by atoms with Crippen LogP contribution in [0.1, 0.15) is 0 Å². The van der Waals surface area contributed by atoms with Crippen molar-refractivity contribution in [2.45, 2.75) is 0 Å². The molecule has 0 aliphatic carbocycles. The molecule has 3 heterocycles. The average molecular weight is 272 g/mol. The number of nitrogens with zero attached hydrogens (tertiary/aromatic N) is 4. The summed E-state index contributed by atoms with van der Waals surface area (Å²) in [5.41, 5.74) is 5.12. The highest BCUT2D eigenvalue weighted by Gasteiger charge is 2.08. The van der Waals surface area contributed by atoms with Gasteiger partial charge in [-0.15, -0.1) is 0 Å². The summed E-state index contributed by atoms with van der Waals surface area (Å²) in [6.45, 7) is 0. The largest absolute Gasteiger partial charge is 0.265 e. The lowest BCUT2D eigenvalue weighted by Crippen LogP contribution is -1.92. The Hall–Kier alpha value is -3.01. The quantitative estimate of drug-likeness (QED) is 0.561. The van der Waals surface area contributed by atoms with Gasteiger partial charge in [-0.1, -0.05) is 30.3 Å². The monoisotopic (exact) mass is 272 g/mol. The molecule has 4 rings (SSSR count). The maximum absolute atomic E-state index is 4.57. The van der Waals surface area contributed by atoms with Crippen molar-refractivity contribution in [1.29, 1.82) is 0 Å². The molecule has 4 nitrogen and oxygen atoms in total. The van der Waals surface area contributed by atoms with E-state index in [9.17, 15) is 0 Å². The van der Waals surface area contributed by atoms with Crippen molar-refractivity contribution in [3.05, 3.63) is 73.4 Å². The van der Waals surface area contributed by atoms with E-state index >= 15 is 0 Å². The lowest BCUT2D eigenvalue weighted by atomic mass is 10.1. The van der Waals surface area contributed by atoms with Crippen molar-refractivity contribution in [1.82, 2.24) is 19.6 Å². The van der Waals surface area contributed by atoms with E-state index in [1.54, 1.807) is 12.4 Å². The van der Waals surface area contributed by atoms with Gasteiger partial charge in [0.05, 0.1) is 6.20 Å². The first-order valence-corrected chi connectivity index (χ1v) is 6.71. The third kappa shape index (κ3) is 2.07. The third-order valence-electron chi connectivity index (χ3n) is 3.45. The number of rotatable bonds is 2. The molecule has 0 bridgehead atoms.